The second-order valence-electron chi connectivity index (χ2n) is 4.88. The second-order valence-corrected chi connectivity index (χ2v) is 5.27. The van der Waals surface area contributed by atoms with Crippen LogP contribution in [-0.4, -0.2) is 18.1 Å². The van der Waals surface area contributed by atoms with Crippen LogP contribution >= 0.6 is 12.2 Å². The molecule has 0 bridgehead atoms. The molecule has 1 aliphatic heterocycles. The number of carbonyl (C=O) groups excluding carboxylic acids is 1. The number of carbonyl (C=O) groups is 1. The summed E-state index contributed by atoms with van der Waals surface area (Å²) in [4.78, 5) is 14.0. The Bertz CT molecular complexity index is 785. The molecule has 0 aromatic heterocycles. The van der Waals surface area contributed by atoms with E-state index in [1.54, 1.807) is 49.6 Å². The summed E-state index contributed by atoms with van der Waals surface area (Å²) in [6, 6.07) is 12.9. The van der Waals surface area contributed by atoms with E-state index in [2.05, 4.69) is 5.32 Å². The minimum Gasteiger partial charge on any atom is -0.497 e. The van der Waals surface area contributed by atoms with E-state index in [4.69, 9.17) is 17.0 Å². The van der Waals surface area contributed by atoms with Crippen molar-refractivity contribution in [3.63, 3.8) is 0 Å². The molecule has 3 rings (SSSR count). The molecule has 0 radical (unpaired) electrons. The highest BCUT2D eigenvalue weighted by Gasteiger charge is 2.31. The van der Waals surface area contributed by atoms with Gasteiger partial charge in [0.25, 0.3) is 5.91 Å². The number of halogens is 1. The second kappa shape index (κ2) is 6.18. The summed E-state index contributed by atoms with van der Waals surface area (Å²) in [5.74, 6) is 0.110. The lowest BCUT2D eigenvalue weighted by molar-refractivity contribution is -0.113. The summed E-state index contributed by atoms with van der Waals surface area (Å²) < 4.78 is 18.0. The highest BCUT2D eigenvalue weighted by molar-refractivity contribution is 7.80. The molecule has 1 fully saturated rings. The predicted octanol–water partition coefficient (Wildman–Crippen LogP) is 3.10. The molecule has 4 nitrogen and oxygen atoms in total. The van der Waals surface area contributed by atoms with Crippen LogP contribution in [0.3, 0.4) is 0 Å². The minimum absolute atomic E-state index is 0.260. The van der Waals surface area contributed by atoms with Gasteiger partial charge in [0.05, 0.1) is 12.8 Å². The fraction of sp³-hybridized carbons (Fsp3) is 0.0588. The third-order valence-corrected chi connectivity index (χ3v) is 3.67. The van der Waals surface area contributed by atoms with Crippen molar-refractivity contribution in [1.29, 1.82) is 0 Å². The Labute approximate surface area is 138 Å². The highest BCUT2D eigenvalue weighted by atomic mass is 32.1. The lowest BCUT2D eigenvalue weighted by atomic mass is 10.2. The zero-order valence-electron chi connectivity index (χ0n) is 12.2. The van der Waals surface area contributed by atoms with Crippen LogP contribution in [0.5, 0.6) is 5.75 Å². The van der Waals surface area contributed by atoms with Gasteiger partial charge in [0.15, 0.2) is 5.11 Å². The Kier molecular flexibility index (Phi) is 4.08. The van der Waals surface area contributed by atoms with Crippen LogP contribution in [0.25, 0.3) is 6.08 Å². The van der Waals surface area contributed by atoms with E-state index >= 15 is 0 Å². The van der Waals surface area contributed by atoms with Crippen molar-refractivity contribution in [2.24, 2.45) is 0 Å². The van der Waals surface area contributed by atoms with E-state index in [0.29, 0.717) is 27.8 Å². The molecule has 1 aliphatic rings. The normalized spacial score (nSPS) is 15.9. The quantitative estimate of drug-likeness (QED) is 0.694. The van der Waals surface area contributed by atoms with Crippen molar-refractivity contribution in [2.45, 2.75) is 0 Å². The summed E-state index contributed by atoms with van der Waals surface area (Å²) in [5, 5.41) is 3.19. The summed E-state index contributed by atoms with van der Waals surface area (Å²) >= 11 is 5.24. The van der Waals surface area contributed by atoms with E-state index in [1.807, 2.05) is 0 Å². The summed E-state index contributed by atoms with van der Waals surface area (Å²) in [5.41, 5.74) is 1.70. The molecule has 0 aliphatic carbocycles. The molecule has 1 N–H and O–H groups in total. The SMILES string of the molecule is COc1ccc(N2C(=O)/C(=C/c3ccc(F)cc3)NC2=S)cc1. The van der Waals surface area contributed by atoms with Crippen molar-refractivity contribution < 1.29 is 13.9 Å². The first kappa shape index (κ1) is 15.2. The summed E-state index contributed by atoms with van der Waals surface area (Å²) in [6.07, 6.45) is 1.64. The highest BCUT2D eigenvalue weighted by Crippen LogP contribution is 2.24. The smallest absolute Gasteiger partial charge is 0.281 e. The monoisotopic (exact) mass is 328 g/mol. The van der Waals surface area contributed by atoms with Gasteiger partial charge in [-0.2, -0.15) is 0 Å². The van der Waals surface area contributed by atoms with Crippen LogP contribution in [-0.2, 0) is 4.79 Å². The molecule has 1 amide bonds. The van der Waals surface area contributed by atoms with Gasteiger partial charge in [-0.15, -0.1) is 0 Å². The van der Waals surface area contributed by atoms with Gasteiger partial charge < -0.3 is 10.1 Å². The van der Waals surface area contributed by atoms with Crippen molar-refractivity contribution >= 4 is 35.0 Å². The van der Waals surface area contributed by atoms with Crippen LogP contribution in [0.15, 0.2) is 54.2 Å². The maximum atomic E-state index is 12.9. The van der Waals surface area contributed by atoms with Gasteiger partial charge in [0.1, 0.15) is 17.3 Å². The van der Waals surface area contributed by atoms with Crippen LogP contribution in [0, 0.1) is 5.82 Å². The van der Waals surface area contributed by atoms with E-state index in [1.165, 1.54) is 17.0 Å². The van der Waals surface area contributed by atoms with Crippen molar-refractivity contribution in [3.05, 3.63) is 65.6 Å². The van der Waals surface area contributed by atoms with Crippen LogP contribution in [0.4, 0.5) is 10.1 Å². The molecule has 116 valence electrons. The summed E-state index contributed by atoms with van der Waals surface area (Å²) in [7, 11) is 1.58. The number of nitrogens with one attached hydrogen (secondary N) is 1. The number of thiocarbonyl (C=S) groups is 1. The van der Waals surface area contributed by atoms with Crippen LogP contribution < -0.4 is 15.0 Å². The van der Waals surface area contributed by atoms with E-state index < -0.39 is 0 Å². The predicted molar refractivity (Wildman–Crippen MR) is 90.6 cm³/mol. The third-order valence-electron chi connectivity index (χ3n) is 3.39. The minimum atomic E-state index is -0.326. The number of nitrogens with zero attached hydrogens (tertiary/aromatic N) is 1. The Balaban J connectivity index is 1.88. The molecule has 6 heteroatoms. The summed E-state index contributed by atoms with van der Waals surface area (Å²) in [6.45, 7) is 0. The standard InChI is InChI=1S/C17H13FN2O2S/c1-22-14-8-6-13(7-9-14)20-16(21)15(19-17(20)23)10-11-2-4-12(18)5-3-11/h2-10H,1H3,(H,19,23)/b15-10-. The van der Waals surface area contributed by atoms with E-state index in [-0.39, 0.29) is 11.7 Å². The number of hydrogen-bond acceptors (Lipinski definition) is 3. The van der Waals surface area contributed by atoms with Gasteiger partial charge in [-0.1, -0.05) is 12.1 Å². The van der Waals surface area contributed by atoms with E-state index in [0.717, 1.165) is 0 Å². The lowest BCUT2D eigenvalue weighted by Gasteiger charge is -2.14. The fourth-order valence-corrected chi connectivity index (χ4v) is 2.52. The lowest BCUT2D eigenvalue weighted by Crippen LogP contribution is -2.30. The number of benzene rings is 2. The Morgan fingerprint density at radius 2 is 1.78 bits per heavy atom. The molecular weight excluding hydrogens is 315 g/mol. The van der Waals surface area contributed by atoms with E-state index in [9.17, 15) is 9.18 Å². The Hall–Kier alpha value is -2.73. The first-order valence-corrected chi connectivity index (χ1v) is 7.26. The van der Waals surface area contributed by atoms with Crippen molar-refractivity contribution in [3.8, 4) is 5.75 Å². The van der Waals surface area contributed by atoms with Crippen molar-refractivity contribution in [1.82, 2.24) is 5.32 Å². The number of ether oxygens (including phenoxy) is 1. The Morgan fingerprint density at radius 3 is 2.39 bits per heavy atom. The molecule has 2 aromatic carbocycles. The first-order chi connectivity index (χ1) is 11.1. The molecule has 0 unspecified atom stereocenters. The van der Waals surface area contributed by atoms with Gasteiger partial charge >= 0.3 is 0 Å². The molecule has 0 saturated carbocycles. The van der Waals surface area contributed by atoms with Gasteiger partial charge in [0.2, 0.25) is 0 Å². The van der Waals surface area contributed by atoms with Gasteiger partial charge in [-0.25, -0.2) is 4.39 Å². The molecule has 1 saturated heterocycles. The zero-order valence-corrected chi connectivity index (χ0v) is 13.1. The number of hydrogen-bond donors (Lipinski definition) is 1. The maximum Gasteiger partial charge on any atom is 0.281 e. The molecule has 23 heavy (non-hydrogen) atoms. The number of rotatable bonds is 3. The molecule has 2 aromatic rings. The molecule has 0 atom stereocenters. The first-order valence-electron chi connectivity index (χ1n) is 6.85. The number of amides is 1. The number of anilines is 1. The van der Waals surface area contributed by atoms with Crippen LogP contribution in [0.2, 0.25) is 0 Å². The fourth-order valence-electron chi connectivity index (χ4n) is 2.23. The van der Waals surface area contributed by atoms with Gasteiger partial charge in [-0.05, 0) is 60.3 Å². The molecular formula is C17H13FN2O2S. The van der Waals surface area contributed by atoms with Crippen molar-refractivity contribution in [2.75, 3.05) is 12.0 Å². The van der Waals surface area contributed by atoms with Gasteiger partial charge in [-0.3, -0.25) is 9.69 Å². The Morgan fingerprint density at radius 1 is 1.13 bits per heavy atom. The van der Waals surface area contributed by atoms with Crippen LogP contribution in [0.1, 0.15) is 5.56 Å². The average molecular weight is 328 g/mol. The number of methoxy groups -OCH3 is 1. The molecule has 0 spiro atoms. The topological polar surface area (TPSA) is 41.6 Å². The average Bonchev–Trinajstić information content (AvgIpc) is 2.84. The van der Waals surface area contributed by atoms with Gasteiger partial charge in [0, 0.05) is 0 Å². The molecule has 1 heterocycles. The largest absolute Gasteiger partial charge is 0.497 e. The third kappa shape index (κ3) is 3.07. The maximum absolute atomic E-state index is 12.9. The zero-order chi connectivity index (χ0) is 16.4.